The molecule has 0 aliphatic carbocycles. The molecule has 0 radical (unpaired) electrons. The van der Waals surface area contributed by atoms with Gasteiger partial charge in [-0.2, -0.15) is 16.3 Å². The molecule has 3 N–H and O–H groups in total. The Morgan fingerprint density at radius 3 is 3.00 bits per heavy atom. The van der Waals surface area contributed by atoms with Gasteiger partial charge in [0.15, 0.2) is 0 Å². The number of anilines is 2. The van der Waals surface area contributed by atoms with Gasteiger partial charge in [0.25, 0.3) is 0 Å². The number of pyridine rings is 1. The molecule has 0 unspecified atom stereocenters. The summed E-state index contributed by atoms with van der Waals surface area (Å²) in [7, 11) is 1.56. The van der Waals surface area contributed by atoms with E-state index in [1.54, 1.807) is 24.5 Å². The van der Waals surface area contributed by atoms with Gasteiger partial charge in [0.1, 0.15) is 5.82 Å². The van der Waals surface area contributed by atoms with Crippen molar-refractivity contribution in [3.63, 3.8) is 0 Å². The second-order valence-corrected chi connectivity index (χ2v) is 4.38. The van der Waals surface area contributed by atoms with E-state index in [1.165, 1.54) is 5.56 Å². The van der Waals surface area contributed by atoms with Crippen molar-refractivity contribution < 1.29 is 4.74 Å². The molecule has 0 saturated heterocycles. The summed E-state index contributed by atoms with van der Waals surface area (Å²) < 4.78 is 5.06. The van der Waals surface area contributed by atoms with Crippen molar-refractivity contribution in [2.45, 2.75) is 6.42 Å². The summed E-state index contributed by atoms with van der Waals surface area (Å²) in [5, 5.41) is 7.48. The summed E-state index contributed by atoms with van der Waals surface area (Å²) in [6.45, 7) is 0.844. The van der Waals surface area contributed by atoms with E-state index in [-0.39, 0.29) is 0 Å². The van der Waals surface area contributed by atoms with Crippen LogP contribution in [0.25, 0.3) is 0 Å². The monoisotopic (exact) mass is 249 g/mol. The molecule has 5 heteroatoms. The number of nitrogens with one attached hydrogen (secondary N) is 1. The Labute approximate surface area is 104 Å². The fraction of sp³-hybridized carbons (Fsp3) is 0.250. The van der Waals surface area contributed by atoms with Crippen molar-refractivity contribution >= 4 is 22.8 Å². The molecule has 0 spiro atoms. The SMILES string of the molecule is COc1nc(NCCc2ccsc2)ccc1N. The molecular formula is C12H15N3OS. The number of nitrogens with two attached hydrogens (primary N) is 1. The molecule has 2 aromatic heterocycles. The molecule has 0 amide bonds. The van der Waals surface area contributed by atoms with Crippen molar-refractivity contribution in [2.24, 2.45) is 0 Å². The number of aromatic nitrogens is 1. The van der Waals surface area contributed by atoms with Gasteiger partial charge in [0.2, 0.25) is 5.88 Å². The molecule has 0 fully saturated rings. The van der Waals surface area contributed by atoms with Crippen molar-refractivity contribution in [3.8, 4) is 5.88 Å². The number of thiophene rings is 1. The maximum atomic E-state index is 5.69. The third-order valence-corrected chi connectivity index (χ3v) is 3.12. The smallest absolute Gasteiger partial charge is 0.238 e. The van der Waals surface area contributed by atoms with Gasteiger partial charge in [-0.25, -0.2) is 0 Å². The lowest BCUT2D eigenvalue weighted by Gasteiger charge is -2.08. The highest BCUT2D eigenvalue weighted by molar-refractivity contribution is 7.07. The second kappa shape index (κ2) is 5.54. The first-order valence-electron chi connectivity index (χ1n) is 5.35. The fourth-order valence-electron chi connectivity index (χ4n) is 1.48. The summed E-state index contributed by atoms with van der Waals surface area (Å²) in [5.41, 5.74) is 7.58. The van der Waals surface area contributed by atoms with Crippen LogP contribution in [0.3, 0.4) is 0 Å². The number of ether oxygens (including phenoxy) is 1. The third kappa shape index (κ3) is 3.10. The minimum Gasteiger partial charge on any atom is -0.479 e. The maximum Gasteiger partial charge on any atom is 0.238 e. The first kappa shape index (κ1) is 11.7. The lowest BCUT2D eigenvalue weighted by atomic mass is 10.2. The Morgan fingerprint density at radius 2 is 2.29 bits per heavy atom. The Kier molecular flexibility index (Phi) is 3.82. The zero-order chi connectivity index (χ0) is 12.1. The Hall–Kier alpha value is -1.75. The van der Waals surface area contributed by atoms with Gasteiger partial charge in [-0.1, -0.05) is 0 Å². The predicted octanol–water partition coefficient (Wildman–Crippen LogP) is 2.39. The summed E-state index contributed by atoms with van der Waals surface area (Å²) in [4.78, 5) is 4.25. The van der Waals surface area contributed by atoms with E-state index in [9.17, 15) is 0 Å². The Morgan fingerprint density at radius 1 is 1.41 bits per heavy atom. The number of hydrogen-bond donors (Lipinski definition) is 2. The van der Waals surface area contributed by atoms with E-state index in [2.05, 4.69) is 27.1 Å². The van der Waals surface area contributed by atoms with Crippen molar-refractivity contribution in [2.75, 3.05) is 24.7 Å². The minimum atomic E-state index is 0.463. The molecule has 0 saturated carbocycles. The van der Waals surface area contributed by atoms with E-state index >= 15 is 0 Å². The Balaban J connectivity index is 1.90. The second-order valence-electron chi connectivity index (χ2n) is 3.60. The molecular weight excluding hydrogens is 234 g/mol. The highest BCUT2D eigenvalue weighted by atomic mass is 32.1. The summed E-state index contributed by atoms with van der Waals surface area (Å²) in [5.74, 6) is 1.25. The average molecular weight is 249 g/mol. The van der Waals surface area contributed by atoms with Gasteiger partial charge in [-0.3, -0.25) is 0 Å². The van der Waals surface area contributed by atoms with Crippen LogP contribution in [0.5, 0.6) is 5.88 Å². The largest absolute Gasteiger partial charge is 0.479 e. The molecule has 17 heavy (non-hydrogen) atoms. The van der Waals surface area contributed by atoms with E-state index in [4.69, 9.17) is 10.5 Å². The molecule has 0 aliphatic rings. The van der Waals surface area contributed by atoms with Crippen LogP contribution in [-0.2, 0) is 6.42 Å². The lowest BCUT2D eigenvalue weighted by Crippen LogP contribution is -2.07. The molecule has 0 bridgehead atoms. The van der Waals surface area contributed by atoms with E-state index in [0.29, 0.717) is 11.6 Å². The normalized spacial score (nSPS) is 10.2. The van der Waals surface area contributed by atoms with Crippen LogP contribution in [0.2, 0.25) is 0 Å². The van der Waals surface area contributed by atoms with Crippen molar-refractivity contribution in [1.82, 2.24) is 4.98 Å². The summed E-state index contributed by atoms with van der Waals surface area (Å²) in [6, 6.07) is 5.77. The van der Waals surface area contributed by atoms with Crippen LogP contribution in [-0.4, -0.2) is 18.6 Å². The standard InChI is InChI=1S/C12H15N3OS/c1-16-12-10(13)2-3-11(15-12)14-6-4-9-5-7-17-8-9/h2-3,5,7-8H,4,6,13H2,1H3,(H,14,15). The number of methoxy groups -OCH3 is 1. The molecule has 0 aliphatic heterocycles. The van der Waals surface area contributed by atoms with Crippen LogP contribution in [0, 0.1) is 0 Å². The van der Waals surface area contributed by atoms with Crippen molar-refractivity contribution in [1.29, 1.82) is 0 Å². The van der Waals surface area contributed by atoms with Crippen LogP contribution in [0.15, 0.2) is 29.0 Å². The summed E-state index contributed by atoms with van der Waals surface area (Å²) in [6.07, 6.45) is 0.984. The van der Waals surface area contributed by atoms with Gasteiger partial charge in [-0.05, 0) is 40.9 Å². The molecule has 2 aromatic rings. The third-order valence-electron chi connectivity index (χ3n) is 2.38. The molecule has 90 valence electrons. The molecule has 0 atom stereocenters. The van der Waals surface area contributed by atoms with Crippen molar-refractivity contribution in [3.05, 3.63) is 34.5 Å². The number of rotatable bonds is 5. The van der Waals surface area contributed by atoms with Crippen LogP contribution in [0.1, 0.15) is 5.56 Å². The van der Waals surface area contributed by atoms with Crippen LogP contribution >= 0.6 is 11.3 Å². The van der Waals surface area contributed by atoms with Gasteiger partial charge in [0, 0.05) is 6.54 Å². The maximum absolute atomic E-state index is 5.69. The first-order chi connectivity index (χ1) is 8.29. The van der Waals surface area contributed by atoms with Crippen LogP contribution in [0.4, 0.5) is 11.5 Å². The van der Waals surface area contributed by atoms with E-state index in [1.807, 2.05) is 6.07 Å². The van der Waals surface area contributed by atoms with Gasteiger partial charge < -0.3 is 15.8 Å². The van der Waals surface area contributed by atoms with Gasteiger partial charge >= 0.3 is 0 Å². The zero-order valence-corrected chi connectivity index (χ0v) is 10.5. The predicted molar refractivity (Wildman–Crippen MR) is 71.7 cm³/mol. The number of nitrogens with zero attached hydrogens (tertiary/aromatic N) is 1. The van der Waals surface area contributed by atoms with E-state index in [0.717, 1.165) is 18.8 Å². The molecule has 2 rings (SSSR count). The van der Waals surface area contributed by atoms with E-state index < -0.39 is 0 Å². The van der Waals surface area contributed by atoms with Crippen LogP contribution < -0.4 is 15.8 Å². The first-order valence-corrected chi connectivity index (χ1v) is 6.29. The quantitative estimate of drug-likeness (QED) is 0.854. The highest BCUT2D eigenvalue weighted by Crippen LogP contribution is 2.20. The van der Waals surface area contributed by atoms with Gasteiger partial charge in [0.05, 0.1) is 12.8 Å². The lowest BCUT2D eigenvalue weighted by molar-refractivity contribution is 0.401. The topological polar surface area (TPSA) is 60.2 Å². The minimum absolute atomic E-state index is 0.463. The summed E-state index contributed by atoms with van der Waals surface area (Å²) >= 11 is 1.71. The highest BCUT2D eigenvalue weighted by Gasteiger charge is 2.02. The zero-order valence-electron chi connectivity index (χ0n) is 9.64. The molecule has 0 aromatic carbocycles. The van der Waals surface area contributed by atoms with Gasteiger partial charge in [-0.15, -0.1) is 0 Å². The molecule has 4 nitrogen and oxygen atoms in total. The average Bonchev–Trinajstić information content (AvgIpc) is 2.84. The fourth-order valence-corrected chi connectivity index (χ4v) is 2.19. The Bertz CT molecular complexity index is 471. The number of hydrogen-bond acceptors (Lipinski definition) is 5. The number of nitrogen functional groups attached to an aromatic ring is 1. The molecule has 2 heterocycles.